The number of carbonyl (C=O) groups excluding carboxylic acids is 2. The number of halogens is 2. The Morgan fingerprint density at radius 3 is 2.46 bits per heavy atom. The van der Waals surface area contributed by atoms with Crippen molar-refractivity contribution in [2.24, 2.45) is 0 Å². The fraction of sp³-hybridized carbons (Fsp3) is 0.185. The highest BCUT2D eigenvalue weighted by molar-refractivity contribution is 9.10. The second kappa shape index (κ2) is 10.8. The molecular weight excluding hydrogens is 517 g/mol. The molecular formula is C27H23BrFNO5. The quantitative estimate of drug-likeness (QED) is 0.241. The molecule has 0 aromatic heterocycles. The molecule has 1 unspecified atom stereocenters. The minimum Gasteiger partial charge on any atom is -0.507 e. The van der Waals surface area contributed by atoms with Gasteiger partial charge in [-0.3, -0.25) is 9.59 Å². The lowest BCUT2D eigenvalue weighted by molar-refractivity contribution is -0.140. The Balaban J connectivity index is 1.71. The molecule has 35 heavy (non-hydrogen) atoms. The summed E-state index contributed by atoms with van der Waals surface area (Å²) in [5.74, 6) is -1.54. The van der Waals surface area contributed by atoms with E-state index in [4.69, 9.17) is 9.47 Å². The van der Waals surface area contributed by atoms with E-state index in [9.17, 15) is 19.1 Å². The van der Waals surface area contributed by atoms with Crippen molar-refractivity contribution in [2.45, 2.75) is 12.6 Å². The van der Waals surface area contributed by atoms with Crippen LogP contribution in [0.1, 0.15) is 22.7 Å². The molecule has 0 aliphatic carbocycles. The number of rotatable bonds is 8. The number of benzene rings is 3. The van der Waals surface area contributed by atoms with Gasteiger partial charge in [-0.2, -0.15) is 0 Å². The molecule has 1 N–H and O–H groups in total. The van der Waals surface area contributed by atoms with Crippen LogP contribution >= 0.6 is 15.9 Å². The first kappa shape index (κ1) is 24.6. The maximum atomic E-state index is 13.2. The molecule has 1 aliphatic rings. The summed E-state index contributed by atoms with van der Waals surface area (Å²) >= 11 is 3.36. The number of Topliss-reactive ketones (excluding diaryl/α,β-unsaturated/α-hetero) is 1. The summed E-state index contributed by atoms with van der Waals surface area (Å²) in [6.45, 7) is 0.610. The van der Waals surface area contributed by atoms with Gasteiger partial charge in [-0.25, -0.2) is 4.39 Å². The molecule has 1 amide bonds. The number of nitrogens with zero attached hydrogens (tertiary/aromatic N) is 1. The van der Waals surface area contributed by atoms with Crippen molar-refractivity contribution in [3.8, 4) is 5.75 Å². The first-order valence-corrected chi connectivity index (χ1v) is 11.7. The first-order valence-electron chi connectivity index (χ1n) is 10.9. The molecule has 180 valence electrons. The van der Waals surface area contributed by atoms with Gasteiger partial charge in [0.25, 0.3) is 11.7 Å². The Morgan fingerprint density at radius 1 is 1.06 bits per heavy atom. The molecule has 0 spiro atoms. The number of aliphatic hydroxyl groups is 1. The third kappa shape index (κ3) is 5.44. The third-order valence-electron chi connectivity index (χ3n) is 5.69. The van der Waals surface area contributed by atoms with Crippen LogP contribution in [0.3, 0.4) is 0 Å². The first-order chi connectivity index (χ1) is 16.9. The fourth-order valence-electron chi connectivity index (χ4n) is 3.93. The van der Waals surface area contributed by atoms with Crippen LogP contribution in [-0.4, -0.2) is 42.0 Å². The van der Waals surface area contributed by atoms with E-state index in [2.05, 4.69) is 15.9 Å². The normalized spacial score (nSPS) is 17.1. The van der Waals surface area contributed by atoms with Crippen molar-refractivity contribution < 1.29 is 28.6 Å². The van der Waals surface area contributed by atoms with Crippen LogP contribution in [0.4, 0.5) is 4.39 Å². The van der Waals surface area contributed by atoms with E-state index >= 15 is 0 Å². The maximum Gasteiger partial charge on any atom is 0.295 e. The van der Waals surface area contributed by atoms with Gasteiger partial charge < -0.3 is 19.5 Å². The number of likely N-dealkylation sites (tertiary alicyclic amines) is 1. The number of hydrogen-bond acceptors (Lipinski definition) is 5. The van der Waals surface area contributed by atoms with Gasteiger partial charge in [0.1, 0.15) is 23.9 Å². The molecule has 1 aliphatic heterocycles. The van der Waals surface area contributed by atoms with Crippen LogP contribution in [0.15, 0.2) is 82.8 Å². The molecule has 4 rings (SSSR count). The predicted octanol–water partition coefficient (Wildman–Crippen LogP) is 5.24. The maximum absolute atomic E-state index is 13.2. The Hall–Kier alpha value is -3.49. The largest absolute Gasteiger partial charge is 0.507 e. The summed E-state index contributed by atoms with van der Waals surface area (Å²) in [7, 11) is 1.51. The van der Waals surface area contributed by atoms with E-state index < -0.39 is 17.7 Å². The molecule has 0 radical (unpaired) electrons. The second-order valence-corrected chi connectivity index (χ2v) is 8.90. The third-order valence-corrected chi connectivity index (χ3v) is 6.22. The van der Waals surface area contributed by atoms with Gasteiger partial charge in [-0.05, 0) is 47.5 Å². The Bertz CT molecular complexity index is 1260. The van der Waals surface area contributed by atoms with Crippen molar-refractivity contribution >= 4 is 33.4 Å². The van der Waals surface area contributed by atoms with Crippen LogP contribution in [0.25, 0.3) is 5.76 Å². The summed E-state index contributed by atoms with van der Waals surface area (Å²) in [5, 5.41) is 11.1. The second-order valence-electron chi connectivity index (χ2n) is 7.98. The molecule has 3 aromatic carbocycles. The average molecular weight is 540 g/mol. The number of methoxy groups -OCH3 is 1. The Kier molecular flexibility index (Phi) is 7.63. The zero-order valence-electron chi connectivity index (χ0n) is 18.9. The molecule has 0 bridgehead atoms. The van der Waals surface area contributed by atoms with Crippen molar-refractivity contribution in [3.05, 3.63) is 105 Å². The highest BCUT2D eigenvalue weighted by Gasteiger charge is 2.46. The van der Waals surface area contributed by atoms with Crippen molar-refractivity contribution in [3.63, 3.8) is 0 Å². The topological polar surface area (TPSA) is 76.1 Å². The molecule has 0 saturated carbocycles. The molecule has 1 heterocycles. The molecule has 1 atom stereocenters. The number of ether oxygens (including phenoxy) is 2. The summed E-state index contributed by atoms with van der Waals surface area (Å²) in [6, 6.07) is 19.0. The van der Waals surface area contributed by atoms with Crippen LogP contribution in [0.5, 0.6) is 5.75 Å². The minimum absolute atomic E-state index is 0.00381. The molecule has 6 nitrogen and oxygen atoms in total. The molecule has 1 fully saturated rings. The zero-order valence-corrected chi connectivity index (χ0v) is 20.5. The van der Waals surface area contributed by atoms with Gasteiger partial charge in [0.15, 0.2) is 0 Å². The van der Waals surface area contributed by atoms with Gasteiger partial charge in [0.2, 0.25) is 0 Å². The van der Waals surface area contributed by atoms with E-state index in [0.717, 1.165) is 10.0 Å². The fourth-order valence-corrected chi connectivity index (χ4v) is 4.20. The number of aliphatic hydroxyl groups excluding tert-OH is 1. The van der Waals surface area contributed by atoms with Crippen LogP contribution in [-0.2, 0) is 20.9 Å². The zero-order chi connectivity index (χ0) is 24.9. The van der Waals surface area contributed by atoms with Gasteiger partial charge >= 0.3 is 0 Å². The SMILES string of the molecule is COCCN1C(=O)C(=O)/C(=C(\O)c2ccc(Br)cc2)C1c1cccc(OCc2ccc(F)cc2)c1. The number of ketones is 1. The van der Waals surface area contributed by atoms with Crippen LogP contribution < -0.4 is 4.74 Å². The van der Waals surface area contributed by atoms with Crippen LogP contribution in [0.2, 0.25) is 0 Å². The van der Waals surface area contributed by atoms with Crippen molar-refractivity contribution in [2.75, 3.05) is 20.3 Å². The predicted molar refractivity (Wildman–Crippen MR) is 132 cm³/mol. The average Bonchev–Trinajstić information content (AvgIpc) is 3.12. The number of amides is 1. The Labute approximate surface area is 210 Å². The van der Waals surface area contributed by atoms with E-state index in [1.54, 1.807) is 60.7 Å². The summed E-state index contributed by atoms with van der Waals surface area (Å²) in [6.07, 6.45) is 0. The summed E-state index contributed by atoms with van der Waals surface area (Å²) in [5.41, 5.74) is 1.82. The summed E-state index contributed by atoms with van der Waals surface area (Å²) in [4.78, 5) is 27.4. The standard InChI is InChI=1S/C27H23BrFNO5/c1-34-14-13-30-24(23(26(32)27(30)33)25(31)18-7-9-20(28)10-8-18)19-3-2-4-22(15-19)35-16-17-5-11-21(29)12-6-17/h2-12,15,24,31H,13-14,16H2,1H3/b25-23-. The van der Waals surface area contributed by atoms with E-state index in [0.29, 0.717) is 16.9 Å². The smallest absolute Gasteiger partial charge is 0.295 e. The van der Waals surface area contributed by atoms with E-state index in [1.807, 2.05) is 0 Å². The molecule has 1 saturated heterocycles. The molecule has 8 heteroatoms. The van der Waals surface area contributed by atoms with Gasteiger partial charge in [-0.15, -0.1) is 0 Å². The van der Waals surface area contributed by atoms with Crippen LogP contribution in [0, 0.1) is 5.82 Å². The van der Waals surface area contributed by atoms with Gasteiger partial charge in [0.05, 0.1) is 18.2 Å². The highest BCUT2D eigenvalue weighted by Crippen LogP contribution is 2.40. The lowest BCUT2D eigenvalue weighted by atomic mass is 9.95. The minimum atomic E-state index is -0.817. The van der Waals surface area contributed by atoms with E-state index in [-0.39, 0.29) is 36.9 Å². The lowest BCUT2D eigenvalue weighted by Gasteiger charge is -2.25. The number of carbonyl (C=O) groups is 2. The molecule has 3 aromatic rings. The van der Waals surface area contributed by atoms with Gasteiger partial charge in [-0.1, -0.05) is 52.3 Å². The highest BCUT2D eigenvalue weighted by atomic mass is 79.9. The van der Waals surface area contributed by atoms with Gasteiger partial charge in [0, 0.05) is 23.7 Å². The summed E-state index contributed by atoms with van der Waals surface area (Å²) < 4.78 is 25.0. The number of hydrogen-bond donors (Lipinski definition) is 1. The van der Waals surface area contributed by atoms with Crippen molar-refractivity contribution in [1.82, 2.24) is 4.90 Å². The lowest BCUT2D eigenvalue weighted by Crippen LogP contribution is -2.32. The van der Waals surface area contributed by atoms with Crippen molar-refractivity contribution in [1.29, 1.82) is 0 Å². The Morgan fingerprint density at radius 2 is 1.77 bits per heavy atom. The monoisotopic (exact) mass is 539 g/mol. The van der Waals surface area contributed by atoms with E-state index in [1.165, 1.54) is 24.1 Å².